The van der Waals surface area contributed by atoms with E-state index >= 15 is 0 Å². The number of anilines is 1. The van der Waals surface area contributed by atoms with Gasteiger partial charge >= 0.3 is 59.1 Å². The standard InChI is InChI=1S/C34H26N6O9S2.2Na/c1-19-11-13-21(15-27(19)35-37-29-17-31(50(44,45)46)23-7-3-5-9-25(23)33(29)41)39-40(43)22-14-12-20(2)28(16-22)36-38-30-18-32(51(47,48)49)24-8-4-6-10-26(24)34(30)42;;/h3-18H,1-2H3,(H4-,35,36,39,41,42,43,44,45,46,47,48,49);;/q;2*+1/p-1. The fraction of sp³-hybridized carbons (Fsp3) is 0.0588. The molecule has 0 spiro atoms. The van der Waals surface area contributed by atoms with Crippen LogP contribution in [0.25, 0.3) is 4.91 Å². The topological polar surface area (TPSA) is 236 Å². The van der Waals surface area contributed by atoms with Crippen molar-refractivity contribution in [2.75, 3.05) is 5.43 Å². The van der Waals surface area contributed by atoms with Crippen LogP contribution < -0.4 is 64.5 Å². The van der Waals surface area contributed by atoms with Crippen molar-refractivity contribution in [2.45, 2.75) is 13.8 Å². The Labute approximate surface area is 347 Å². The molecule has 3 N–H and O–H groups in total. The van der Waals surface area contributed by atoms with Gasteiger partial charge in [-0.05, 0) is 49.3 Å². The summed E-state index contributed by atoms with van der Waals surface area (Å²) >= 11 is 0. The number of Topliss-reactive ketones (excluding diaryl/α,β-unsaturated/α-hetero) is 2. The van der Waals surface area contributed by atoms with Gasteiger partial charge in [-0.1, -0.05) is 60.7 Å². The fourth-order valence-corrected chi connectivity index (χ4v) is 6.62. The van der Waals surface area contributed by atoms with Gasteiger partial charge in [0.25, 0.3) is 5.69 Å². The number of azo groups is 2. The van der Waals surface area contributed by atoms with Gasteiger partial charge in [-0.2, -0.15) is 5.10 Å². The molecule has 0 aromatic heterocycles. The van der Waals surface area contributed by atoms with E-state index in [1.54, 1.807) is 38.1 Å². The van der Waals surface area contributed by atoms with Gasteiger partial charge in [0.05, 0.1) is 21.4 Å². The van der Waals surface area contributed by atoms with Gasteiger partial charge in [0, 0.05) is 49.3 Å². The minimum atomic E-state index is -4.93. The Hall–Kier alpha value is -3.98. The molecule has 4 aromatic rings. The van der Waals surface area contributed by atoms with E-state index in [4.69, 9.17) is 0 Å². The largest absolute Gasteiger partial charge is 1.00 e. The molecule has 0 saturated carbocycles. The van der Waals surface area contributed by atoms with Crippen LogP contribution in [0.3, 0.4) is 0 Å². The first kappa shape index (κ1) is 41.8. The van der Waals surface area contributed by atoms with Crippen molar-refractivity contribution in [1.82, 2.24) is 0 Å². The molecule has 0 aliphatic heterocycles. The molecule has 15 nitrogen and oxygen atoms in total. The number of fused-ring (bicyclic) bond motifs is 2. The number of hydrazone groups is 1. The number of nitrogens with zero attached hydrogens (tertiary/aromatic N) is 5. The van der Waals surface area contributed by atoms with Crippen LogP contribution >= 0.6 is 0 Å². The zero-order chi connectivity index (χ0) is 36.7. The molecule has 6 rings (SSSR count). The molecule has 0 heterocycles. The Morgan fingerprint density at radius 1 is 0.736 bits per heavy atom. The molecule has 4 aromatic carbocycles. The number of nitrogens with one attached hydrogen (secondary N) is 1. The molecular weight excluding hydrogens is 747 g/mol. The number of hydrogen-bond donors (Lipinski definition) is 3. The third kappa shape index (κ3) is 9.05. The number of carbonyl (C=O) groups excluding carboxylic acids is 2. The number of carbonyl (C=O) groups is 2. The summed E-state index contributed by atoms with van der Waals surface area (Å²) in [6.45, 7) is 3.42. The summed E-state index contributed by atoms with van der Waals surface area (Å²) in [6, 6.07) is 20.9. The Balaban J connectivity index is 0.00000314. The van der Waals surface area contributed by atoms with E-state index in [9.17, 15) is 41.1 Å². The quantitative estimate of drug-likeness (QED) is 0.0566. The first-order valence-electron chi connectivity index (χ1n) is 14.8. The molecule has 0 saturated heterocycles. The van der Waals surface area contributed by atoms with Gasteiger partial charge in [0.2, 0.25) is 11.6 Å². The molecule has 0 bridgehead atoms. The molecule has 2 aliphatic rings. The smallest absolute Gasteiger partial charge is 0.757 e. The van der Waals surface area contributed by atoms with E-state index in [0.717, 1.165) is 12.2 Å². The summed E-state index contributed by atoms with van der Waals surface area (Å²) in [5, 5.41) is 27.2. The van der Waals surface area contributed by atoms with Crippen molar-refractivity contribution in [3.8, 4) is 0 Å². The molecule has 1 atom stereocenters. The van der Waals surface area contributed by atoms with Crippen LogP contribution in [0.5, 0.6) is 0 Å². The number of aryl methyl sites for hydroxylation is 2. The van der Waals surface area contributed by atoms with Crippen molar-refractivity contribution in [3.63, 3.8) is 0 Å². The van der Waals surface area contributed by atoms with Crippen LogP contribution in [0, 0.1) is 13.8 Å². The Bertz CT molecular complexity index is 2590. The Morgan fingerprint density at radius 3 is 1.98 bits per heavy atom. The summed E-state index contributed by atoms with van der Waals surface area (Å²) in [6.07, 6.45) is 1.85. The van der Waals surface area contributed by atoms with Gasteiger partial charge in [-0.15, -0.1) is 10.2 Å². The maximum Gasteiger partial charge on any atom is 1.00 e. The molecule has 0 fully saturated rings. The molecular formula is C34H25N6Na2O9S2+. The zero-order valence-corrected chi connectivity index (χ0v) is 34.2. The molecule has 258 valence electrons. The van der Waals surface area contributed by atoms with E-state index in [-0.39, 0.29) is 110 Å². The first-order valence-corrected chi connectivity index (χ1v) is 17.7. The van der Waals surface area contributed by atoms with Gasteiger partial charge < -0.3 is 13.7 Å². The maximum atomic E-state index is 13.0. The van der Waals surface area contributed by atoms with Crippen LogP contribution in [0.1, 0.15) is 43.0 Å². The second-order valence-corrected chi connectivity index (χ2v) is 14.0. The van der Waals surface area contributed by atoms with Crippen LogP contribution in [-0.4, -0.2) is 58.5 Å². The predicted octanol–water partition coefficient (Wildman–Crippen LogP) is -0.0486. The number of allylic oxidation sites excluding steroid dienone is 3. The van der Waals surface area contributed by atoms with E-state index in [1.807, 2.05) is 0 Å². The number of rotatable bonds is 7. The summed E-state index contributed by atoms with van der Waals surface area (Å²) in [7, 11) is -9.63. The minimum absolute atomic E-state index is 0. The zero-order valence-electron chi connectivity index (χ0n) is 28.5. The van der Waals surface area contributed by atoms with Crippen LogP contribution in [0.2, 0.25) is 0 Å². The fourth-order valence-electron chi connectivity index (χ4n) is 5.20. The molecule has 19 heteroatoms. The maximum absolute atomic E-state index is 13.0. The van der Waals surface area contributed by atoms with Crippen molar-refractivity contribution in [3.05, 3.63) is 136 Å². The van der Waals surface area contributed by atoms with Crippen molar-refractivity contribution in [1.29, 1.82) is 0 Å². The van der Waals surface area contributed by atoms with Crippen LogP contribution in [-0.2, 0) is 20.2 Å². The van der Waals surface area contributed by atoms with Gasteiger partial charge in [0.1, 0.15) is 32.1 Å². The molecule has 1 unspecified atom stereocenters. The third-order valence-corrected chi connectivity index (χ3v) is 9.61. The van der Waals surface area contributed by atoms with Crippen molar-refractivity contribution >= 4 is 70.0 Å². The van der Waals surface area contributed by atoms with E-state index in [1.165, 1.54) is 60.7 Å². The van der Waals surface area contributed by atoms with E-state index < -0.39 is 41.5 Å². The second kappa shape index (κ2) is 16.6. The molecule has 0 radical (unpaired) electrons. The Kier molecular flexibility index (Phi) is 13.1. The number of ketones is 2. The normalized spacial score (nSPS) is 16.1. The van der Waals surface area contributed by atoms with Crippen LogP contribution in [0.15, 0.2) is 123 Å². The van der Waals surface area contributed by atoms with Gasteiger partial charge in [-0.25, -0.2) is 8.42 Å². The monoisotopic (exact) mass is 771 g/mol. The second-order valence-electron chi connectivity index (χ2n) is 11.2. The molecule has 0 amide bonds. The van der Waals surface area contributed by atoms with Gasteiger partial charge in [0.15, 0.2) is 0 Å². The summed E-state index contributed by atoms with van der Waals surface area (Å²) in [5.41, 5.74) is 4.26. The summed E-state index contributed by atoms with van der Waals surface area (Å²) in [4.78, 5) is 25.5. The van der Waals surface area contributed by atoms with E-state index in [0.29, 0.717) is 21.7 Å². The van der Waals surface area contributed by atoms with Crippen molar-refractivity contribution < 1.29 is 105 Å². The Morgan fingerprint density at radius 2 is 1.34 bits per heavy atom. The van der Waals surface area contributed by atoms with Crippen LogP contribution in [0.4, 0.5) is 22.7 Å². The number of benzene rings is 4. The van der Waals surface area contributed by atoms with E-state index in [2.05, 4.69) is 25.9 Å². The first-order chi connectivity index (χ1) is 24.1. The third-order valence-electron chi connectivity index (χ3n) is 7.84. The molecule has 2 aliphatic carbocycles. The predicted molar refractivity (Wildman–Crippen MR) is 185 cm³/mol. The average molecular weight is 772 g/mol. The molecule has 53 heavy (non-hydrogen) atoms. The number of hydrogen-bond acceptors (Lipinski definition) is 12. The van der Waals surface area contributed by atoms with Crippen molar-refractivity contribution in [2.24, 2.45) is 20.4 Å². The SMILES string of the molecule is Cc1ccc([N+](O)=Nc2ccc(C)c(NN=C3C=C(S(=O)(=O)[O-])c4ccccc4C3=O)c2)cc1N=NC1=CC(=S(=O)([O-])O)c2ccccc2C1=O.[Na+].[Na+]. The average Bonchev–Trinajstić information content (AvgIpc) is 3.08. The van der Waals surface area contributed by atoms with Gasteiger partial charge in [-0.3, -0.25) is 24.4 Å². The summed E-state index contributed by atoms with van der Waals surface area (Å²) < 4.78 is 69.6. The minimum Gasteiger partial charge on any atom is -0.757 e. The summed E-state index contributed by atoms with van der Waals surface area (Å²) in [5.74, 6) is -1.20.